The molecule has 3 aromatic heterocycles. The molecular weight excluding hydrogens is 390 g/mol. The van der Waals surface area contributed by atoms with Crippen molar-refractivity contribution >= 4 is 22.6 Å². The van der Waals surface area contributed by atoms with Gasteiger partial charge in [-0.2, -0.15) is 0 Å². The van der Waals surface area contributed by atoms with E-state index in [9.17, 15) is 4.79 Å². The van der Waals surface area contributed by atoms with Gasteiger partial charge in [0.1, 0.15) is 23.8 Å². The smallest absolute Gasteiger partial charge is 0.227 e. The molecular formula is C23H25N7O. The summed E-state index contributed by atoms with van der Waals surface area (Å²) in [4.78, 5) is 30.2. The van der Waals surface area contributed by atoms with E-state index in [2.05, 4.69) is 42.7 Å². The van der Waals surface area contributed by atoms with Crippen LogP contribution in [0.25, 0.3) is 16.7 Å². The van der Waals surface area contributed by atoms with Gasteiger partial charge < -0.3 is 14.4 Å². The molecule has 0 saturated carbocycles. The zero-order chi connectivity index (χ0) is 21.4. The number of hydrogen-bond acceptors (Lipinski definition) is 5. The quantitative estimate of drug-likeness (QED) is 0.512. The van der Waals surface area contributed by atoms with Gasteiger partial charge in [0.15, 0.2) is 0 Å². The first-order valence-corrected chi connectivity index (χ1v) is 10.5. The van der Waals surface area contributed by atoms with E-state index in [0.717, 1.165) is 47.0 Å². The van der Waals surface area contributed by atoms with E-state index in [1.54, 1.807) is 12.5 Å². The maximum absolute atomic E-state index is 13.0. The molecule has 1 fully saturated rings. The second-order valence-electron chi connectivity index (χ2n) is 7.91. The molecule has 1 aliphatic rings. The summed E-state index contributed by atoms with van der Waals surface area (Å²) in [5.74, 6) is 2.73. The summed E-state index contributed by atoms with van der Waals surface area (Å²) < 4.78 is 4.03. The number of imidazole rings is 1. The lowest BCUT2D eigenvalue weighted by Crippen LogP contribution is -2.49. The number of fused-ring (bicyclic) bond motifs is 1. The van der Waals surface area contributed by atoms with Crippen molar-refractivity contribution in [1.82, 2.24) is 29.0 Å². The van der Waals surface area contributed by atoms with E-state index in [1.165, 1.54) is 0 Å². The van der Waals surface area contributed by atoms with Crippen LogP contribution in [0.2, 0.25) is 0 Å². The Morgan fingerprint density at radius 3 is 2.58 bits per heavy atom. The molecule has 31 heavy (non-hydrogen) atoms. The number of benzene rings is 1. The van der Waals surface area contributed by atoms with Crippen molar-refractivity contribution in [3.05, 3.63) is 66.6 Å². The predicted octanol–water partition coefficient (Wildman–Crippen LogP) is 2.35. The number of para-hydroxylation sites is 1. The third-order valence-corrected chi connectivity index (χ3v) is 5.99. The van der Waals surface area contributed by atoms with E-state index in [0.29, 0.717) is 19.5 Å². The largest absolute Gasteiger partial charge is 0.353 e. The number of rotatable bonds is 4. The number of carbonyl (C=O) groups excluding carboxylic acids is 1. The molecule has 8 nitrogen and oxygen atoms in total. The van der Waals surface area contributed by atoms with Crippen molar-refractivity contribution < 1.29 is 4.79 Å². The fraction of sp³-hybridized carbons (Fsp3) is 0.304. The van der Waals surface area contributed by atoms with Gasteiger partial charge in [-0.1, -0.05) is 18.2 Å². The Kier molecular flexibility index (Phi) is 4.89. The average molecular weight is 416 g/mol. The van der Waals surface area contributed by atoms with Gasteiger partial charge in [-0.25, -0.2) is 15.0 Å². The van der Waals surface area contributed by atoms with Crippen molar-refractivity contribution in [2.45, 2.75) is 13.3 Å². The number of anilines is 1. The lowest BCUT2D eigenvalue weighted by molar-refractivity contribution is -0.130. The molecule has 1 saturated heterocycles. The number of hydrogen-bond donors (Lipinski definition) is 0. The Morgan fingerprint density at radius 1 is 1.03 bits per heavy atom. The molecule has 0 aliphatic carbocycles. The Balaban J connectivity index is 1.25. The van der Waals surface area contributed by atoms with Crippen LogP contribution < -0.4 is 4.90 Å². The zero-order valence-electron chi connectivity index (χ0n) is 17.8. The fourth-order valence-corrected chi connectivity index (χ4v) is 4.29. The van der Waals surface area contributed by atoms with Gasteiger partial charge in [-0.05, 0) is 18.6 Å². The lowest BCUT2D eigenvalue weighted by atomic mass is 10.1. The molecule has 4 heterocycles. The summed E-state index contributed by atoms with van der Waals surface area (Å²) in [5, 5.41) is 1.15. The summed E-state index contributed by atoms with van der Waals surface area (Å²) in [7, 11) is 2.02. The number of aryl methyl sites for hydroxylation is 2. The van der Waals surface area contributed by atoms with Crippen LogP contribution in [0.15, 0.2) is 55.2 Å². The normalized spacial score (nSPS) is 14.4. The first-order valence-electron chi connectivity index (χ1n) is 10.5. The fourth-order valence-electron chi connectivity index (χ4n) is 4.29. The summed E-state index contributed by atoms with van der Waals surface area (Å²) >= 11 is 0. The molecule has 0 spiro atoms. The Labute approximate surface area is 180 Å². The minimum absolute atomic E-state index is 0.174. The summed E-state index contributed by atoms with van der Waals surface area (Å²) in [6, 6.07) is 10.2. The molecule has 158 valence electrons. The van der Waals surface area contributed by atoms with Crippen LogP contribution >= 0.6 is 0 Å². The lowest BCUT2D eigenvalue weighted by Gasteiger charge is -2.35. The highest BCUT2D eigenvalue weighted by atomic mass is 16.2. The van der Waals surface area contributed by atoms with Crippen LogP contribution in [-0.2, 0) is 18.3 Å². The zero-order valence-corrected chi connectivity index (χ0v) is 17.8. The van der Waals surface area contributed by atoms with E-state index in [-0.39, 0.29) is 5.91 Å². The molecule has 5 rings (SSSR count). The molecule has 0 bridgehead atoms. The Morgan fingerprint density at radius 2 is 1.81 bits per heavy atom. The van der Waals surface area contributed by atoms with Crippen molar-refractivity contribution in [1.29, 1.82) is 0 Å². The van der Waals surface area contributed by atoms with Gasteiger partial charge in [0, 0.05) is 68.8 Å². The molecule has 1 aliphatic heterocycles. The van der Waals surface area contributed by atoms with Crippen LogP contribution in [0, 0.1) is 6.92 Å². The number of carbonyl (C=O) groups is 1. The van der Waals surface area contributed by atoms with Crippen LogP contribution in [0.1, 0.15) is 11.4 Å². The monoisotopic (exact) mass is 415 g/mol. The van der Waals surface area contributed by atoms with Gasteiger partial charge in [0.05, 0.1) is 6.42 Å². The first-order chi connectivity index (χ1) is 15.1. The maximum Gasteiger partial charge on any atom is 0.227 e. The summed E-state index contributed by atoms with van der Waals surface area (Å²) in [6.45, 7) is 4.82. The van der Waals surface area contributed by atoms with Gasteiger partial charge in [0.2, 0.25) is 5.91 Å². The Hall–Kier alpha value is -3.68. The van der Waals surface area contributed by atoms with Crippen LogP contribution in [0.4, 0.5) is 5.82 Å². The average Bonchev–Trinajstić information content (AvgIpc) is 3.37. The van der Waals surface area contributed by atoms with Gasteiger partial charge >= 0.3 is 0 Å². The minimum Gasteiger partial charge on any atom is -0.353 e. The molecule has 0 radical (unpaired) electrons. The molecule has 0 atom stereocenters. The number of aromatic nitrogens is 5. The standard InChI is InChI=1S/C23H25N7O/c1-17-24-7-8-30(17)22-14-21(25-16-26-22)28-9-11-29(12-10-28)23(31)13-18-15-27(2)20-6-4-3-5-19(18)20/h3-8,14-16H,9-13H2,1-2H3. The molecule has 1 aromatic carbocycles. The van der Waals surface area contributed by atoms with E-state index >= 15 is 0 Å². The molecule has 0 unspecified atom stereocenters. The van der Waals surface area contributed by atoms with E-state index in [4.69, 9.17) is 0 Å². The minimum atomic E-state index is 0.174. The van der Waals surface area contributed by atoms with Crippen molar-refractivity contribution in [3.8, 4) is 5.82 Å². The topological polar surface area (TPSA) is 72.1 Å². The number of nitrogens with zero attached hydrogens (tertiary/aromatic N) is 7. The second-order valence-corrected chi connectivity index (χ2v) is 7.91. The predicted molar refractivity (Wildman–Crippen MR) is 119 cm³/mol. The van der Waals surface area contributed by atoms with Gasteiger partial charge in [-0.15, -0.1) is 0 Å². The number of amides is 1. The van der Waals surface area contributed by atoms with E-state index in [1.807, 2.05) is 47.8 Å². The van der Waals surface area contributed by atoms with Gasteiger partial charge in [0.25, 0.3) is 0 Å². The first kappa shape index (κ1) is 19.3. The second kappa shape index (κ2) is 7.86. The molecule has 0 N–H and O–H groups in total. The number of piperazine rings is 1. The molecule has 4 aromatic rings. The highest BCUT2D eigenvalue weighted by molar-refractivity contribution is 5.89. The highest BCUT2D eigenvalue weighted by Gasteiger charge is 2.23. The van der Waals surface area contributed by atoms with Crippen LogP contribution in [-0.4, -0.2) is 61.1 Å². The molecule has 1 amide bonds. The maximum atomic E-state index is 13.0. The van der Waals surface area contributed by atoms with Crippen molar-refractivity contribution in [2.75, 3.05) is 31.1 Å². The van der Waals surface area contributed by atoms with Crippen molar-refractivity contribution in [2.24, 2.45) is 7.05 Å². The summed E-state index contributed by atoms with van der Waals surface area (Å²) in [5.41, 5.74) is 2.24. The van der Waals surface area contributed by atoms with Crippen LogP contribution in [0.3, 0.4) is 0 Å². The SMILES string of the molecule is Cc1nccn1-c1cc(N2CCN(C(=O)Cc3cn(C)c4ccccc34)CC2)ncn1. The summed E-state index contributed by atoms with van der Waals surface area (Å²) in [6.07, 6.45) is 7.74. The van der Waals surface area contributed by atoms with Crippen molar-refractivity contribution in [3.63, 3.8) is 0 Å². The Bertz CT molecular complexity index is 1230. The van der Waals surface area contributed by atoms with Crippen LogP contribution in [0.5, 0.6) is 0 Å². The highest BCUT2D eigenvalue weighted by Crippen LogP contribution is 2.22. The molecule has 8 heteroatoms. The van der Waals surface area contributed by atoms with E-state index < -0.39 is 0 Å². The third-order valence-electron chi connectivity index (χ3n) is 5.99. The third kappa shape index (κ3) is 3.65. The van der Waals surface area contributed by atoms with Gasteiger partial charge in [-0.3, -0.25) is 9.36 Å².